The first-order valence-electron chi connectivity index (χ1n) is 3.63. The minimum absolute atomic E-state index is 0.109. The molecule has 13 heavy (non-hydrogen) atoms. The van der Waals surface area contributed by atoms with Gasteiger partial charge in [-0.05, 0) is 5.56 Å². The van der Waals surface area contributed by atoms with Crippen LogP contribution in [0.3, 0.4) is 0 Å². The summed E-state index contributed by atoms with van der Waals surface area (Å²) in [6, 6.07) is 7.46. The van der Waals surface area contributed by atoms with Gasteiger partial charge in [-0.3, -0.25) is 0 Å². The molecule has 0 aromatic heterocycles. The summed E-state index contributed by atoms with van der Waals surface area (Å²) >= 11 is 0. The van der Waals surface area contributed by atoms with Crippen molar-refractivity contribution in [2.45, 2.75) is 12.1 Å². The van der Waals surface area contributed by atoms with Gasteiger partial charge in [0.2, 0.25) is 0 Å². The molecule has 0 heterocycles. The van der Waals surface area contributed by atoms with E-state index in [4.69, 9.17) is 6.42 Å². The van der Waals surface area contributed by atoms with E-state index in [1.807, 2.05) is 0 Å². The van der Waals surface area contributed by atoms with Crippen LogP contribution in [-0.4, -0.2) is 6.18 Å². The molecule has 0 aliphatic rings. The molecule has 0 fully saturated rings. The molecule has 1 aromatic carbocycles. The zero-order chi connectivity index (χ0) is 9.90. The molecule has 0 saturated carbocycles. The van der Waals surface area contributed by atoms with Gasteiger partial charge in [0.25, 0.3) is 0 Å². The van der Waals surface area contributed by atoms with Crippen LogP contribution in [0.25, 0.3) is 0 Å². The van der Waals surface area contributed by atoms with Gasteiger partial charge in [-0.25, -0.2) is 0 Å². The second-order valence-electron chi connectivity index (χ2n) is 2.55. The third-order valence-electron chi connectivity index (χ3n) is 1.63. The molecular weight excluding hydrogens is 177 g/mol. The molecule has 0 saturated heterocycles. The fourth-order valence-corrected chi connectivity index (χ4v) is 1.03. The molecule has 68 valence electrons. The van der Waals surface area contributed by atoms with E-state index in [2.05, 4.69) is 0 Å². The highest BCUT2D eigenvalue weighted by molar-refractivity contribution is 5.28. The maximum absolute atomic E-state index is 12.3. The normalized spacial score (nSPS) is 13.4. The lowest BCUT2D eigenvalue weighted by atomic mass is 10.00. The average Bonchev–Trinajstić information content (AvgIpc) is 2.05. The lowest BCUT2D eigenvalue weighted by Gasteiger charge is -2.14. The molecule has 0 radical (unpaired) electrons. The highest BCUT2D eigenvalue weighted by Crippen LogP contribution is 2.33. The van der Waals surface area contributed by atoms with E-state index in [-0.39, 0.29) is 5.56 Å². The van der Waals surface area contributed by atoms with E-state index < -0.39 is 12.1 Å². The van der Waals surface area contributed by atoms with Crippen molar-refractivity contribution in [3.8, 4) is 12.3 Å². The van der Waals surface area contributed by atoms with Gasteiger partial charge in [0, 0.05) is 0 Å². The maximum Gasteiger partial charge on any atom is 0.406 e. The molecule has 1 aromatic rings. The predicted molar refractivity (Wildman–Crippen MR) is 44.1 cm³/mol. The van der Waals surface area contributed by atoms with Crippen LogP contribution >= 0.6 is 0 Å². The van der Waals surface area contributed by atoms with E-state index in [1.165, 1.54) is 24.3 Å². The first-order chi connectivity index (χ1) is 6.05. The summed E-state index contributed by atoms with van der Waals surface area (Å²) in [5, 5.41) is 0. The largest absolute Gasteiger partial charge is 0.406 e. The first kappa shape index (κ1) is 9.66. The molecular formula is C10H7F3. The van der Waals surface area contributed by atoms with Crippen molar-refractivity contribution in [1.29, 1.82) is 0 Å². The first-order valence-corrected chi connectivity index (χ1v) is 3.63. The van der Waals surface area contributed by atoms with Crippen LogP contribution in [0.1, 0.15) is 11.5 Å². The lowest BCUT2D eigenvalue weighted by Crippen LogP contribution is -2.18. The Bertz CT molecular complexity index is 305. The Morgan fingerprint density at radius 3 is 2.08 bits per heavy atom. The van der Waals surface area contributed by atoms with E-state index in [9.17, 15) is 13.2 Å². The molecule has 0 bridgehead atoms. The molecule has 0 aliphatic heterocycles. The monoisotopic (exact) mass is 184 g/mol. The standard InChI is InChI=1S/C10H7F3/c1-2-9(10(11,12)13)8-6-4-3-5-7-8/h1,3-7,9H. The number of halogens is 3. The van der Waals surface area contributed by atoms with Crippen LogP contribution in [0, 0.1) is 12.3 Å². The van der Waals surface area contributed by atoms with E-state index in [1.54, 1.807) is 12.0 Å². The zero-order valence-electron chi connectivity index (χ0n) is 6.68. The second-order valence-corrected chi connectivity index (χ2v) is 2.55. The Morgan fingerprint density at radius 1 is 1.15 bits per heavy atom. The number of alkyl halides is 3. The predicted octanol–water partition coefficient (Wildman–Crippen LogP) is 2.97. The number of benzene rings is 1. The van der Waals surface area contributed by atoms with Crippen molar-refractivity contribution < 1.29 is 13.2 Å². The van der Waals surface area contributed by atoms with Gasteiger partial charge < -0.3 is 0 Å². The van der Waals surface area contributed by atoms with Gasteiger partial charge in [-0.1, -0.05) is 36.3 Å². The Balaban J connectivity index is 3.01. The summed E-state index contributed by atoms with van der Waals surface area (Å²) in [6.07, 6.45) is 0.456. The molecule has 1 rings (SSSR count). The lowest BCUT2D eigenvalue weighted by molar-refractivity contribution is -0.137. The van der Waals surface area contributed by atoms with Crippen molar-refractivity contribution in [2.75, 3.05) is 0 Å². The highest BCUT2D eigenvalue weighted by Gasteiger charge is 2.39. The van der Waals surface area contributed by atoms with Gasteiger partial charge in [0.05, 0.1) is 0 Å². The molecule has 0 N–H and O–H groups in total. The van der Waals surface area contributed by atoms with Gasteiger partial charge >= 0.3 is 6.18 Å². The Morgan fingerprint density at radius 2 is 1.69 bits per heavy atom. The summed E-state index contributed by atoms with van der Waals surface area (Å²) in [6.45, 7) is 0. The number of rotatable bonds is 1. The maximum atomic E-state index is 12.3. The molecule has 0 nitrogen and oxygen atoms in total. The Labute approximate surface area is 74.4 Å². The van der Waals surface area contributed by atoms with Crippen LogP contribution in [0.4, 0.5) is 13.2 Å². The SMILES string of the molecule is C#CC(c1ccccc1)C(F)(F)F. The number of hydrogen-bond acceptors (Lipinski definition) is 0. The third kappa shape index (κ3) is 2.25. The van der Waals surface area contributed by atoms with Crippen LogP contribution < -0.4 is 0 Å². The molecule has 0 amide bonds. The van der Waals surface area contributed by atoms with E-state index in [0.717, 1.165) is 0 Å². The summed E-state index contributed by atoms with van der Waals surface area (Å²) in [5.41, 5.74) is 0.109. The molecule has 0 spiro atoms. The van der Waals surface area contributed by atoms with Crippen LogP contribution in [-0.2, 0) is 0 Å². The minimum atomic E-state index is -4.36. The van der Waals surface area contributed by atoms with Gasteiger partial charge in [0.15, 0.2) is 0 Å². The van der Waals surface area contributed by atoms with Crippen molar-refractivity contribution >= 4 is 0 Å². The molecule has 1 unspecified atom stereocenters. The van der Waals surface area contributed by atoms with Crippen LogP contribution in [0.5, 0.6) is 0 Å². The molecule has 3 heteroatoms. The van der Waals surface area contributed by atoms with E-state index in [0.29, 0.717) is 0 Å². The minimum Gasteiger partial charge on any atom is -0.169 e. The van der Waals surface area contributed by atoms with Gasteiger partial charge in [-0.2, -0.15) is 13.2 Å². The fourth-order valence-electron chi connectivity index (χ4n) is 1.03. The topological polar surface area (TPSA) is 0 Å². The highest BCUT2D eigenvalue weighted by atomic mass is 19.4. The summed E-state index contributed by atoms with van der Waals surface area (Å²) in [7, 11) is 0. The van der Waals surface area contributed by atoms with Gasteiger partial charge in [0.1, 0.15) is 5.92 Å². The summed E-state index contributed by atoms with van der Waals surface area (Å²) in [5.74, 6) is -0.0642. The van der Waals surface area contributed by atoms with Gasteiger partial charge in [-0.15, -0.1) is 6.42 Å². The molecule has 1 atom stereocenters. The van der Waals surface area contributed by atoms with Crippen molar-refractivity contribution in [2.24, 2.45) is 0 Å². The van der Waals surface area contributed by atoms with Crippen molar-refractivity contribution in [3.63, 3.8) is 0 Å². The number of terminal acetylenes is 1. The Hall–Kier alpha value is -1.43. The van der Waals surface area contributed by atoms with Crippen molar-refractivity contribution in [1.82, 2.24) is 0 Å². The number of hydrogen-bond donors (Lipinski definition) is 0. The summed E-state index contributed by atoms with van der Waals surface area (Å²) < 4.78 is 36.8. The van der Waals surface area contributed by atoms with Crippen LogP contribution in [0.15, 0.2) is 30.3 Å². The third-order valence-corrected chi connectivity index (χ3v) is 1.63. The fraction of sp³-hybridized carbons (Fsp3) is 0.200. The quantitative estimate of drug-likeness (QED) is 0.588. The second kappa shape index (κ2) is 3.53. The van der Waals surface area contributed by atoms with E-state index >= 15 is 0 Å². The average molecular weight is 184 g/mol. The zero-order valence-corrected chi connectivity index (χ0v) is 6.68. The molecule has 0 aliphatic carbocycles. The smallest absolute Gasteiger partial charge is 0.169 e. The Kier molecular flexibility index (Phi) is 2.62. The van der Waals surface area contributed by atoms with Crippen molar-refractivity contribution in [3.05, 3.63) is 35.9 Å². The van der Waals surface area contributed by atoms with Crippen LogP contribution in [0.2, 0.25) is 0 Å². The summed E-state index contributed by atoms with van der Waals surface area (Å²) in [4.78, 5) is 0.